The van der Waals surface area contributed by atoms with Crippen LogP contribution in [-0.2, 0) is 23.9 Å². The van der Waals surface area contributed by atoms with Gasteiger partial charge in [-0.05, 0) is 35.8 Å². The zero-order chi connectivity index (χ0) is 20.6. The predicted molar refractivity (Wildman–Crippen MR) is 113 cm³/mol. The van der Waals surface area contributed by atoms with E-state index in [1.54, 1.807) is 0 Å². The molecule has 0 saturated carbocycles. The SMILES string of the molecule is COC(=O)CC1CSC2(C(=O)Nc3cc(C)ccc32)C(c2ccccc2)C1C=O. The Labute approximate surface area is 174 Å². The Balaban J connectivity index is 1.88. The van der Waals surface area contributed by atoms with Gasteiger partial charge in [-0.2, -0.15) is 0 Å². The third kappa shape index (κ3) is 3.15. The Morgan fingerprint density at radius 3 is 2.72 bits per heavy atom. The predicted octanol–water partition coefficient (Wildman–Crippen LogP) is 3.67. The molecule has 4 rings (SSSR count). The zero-order valence-electron chi connectivity index (χ0n) is 16.4. The lowest BCUT2D eigenvalue weighted by Crippen LogP contribution is -2.48. The molecule has 1 spiro atoms. The van der Waals surface area contributed by atoms with Crippen molar-refractivity contribution in [1.82, 2.24) is 0 Å². The number of ether oxygens (including phenoxy) is 1. The second-order valence-electron chi connectivity index (χ2n) is 7.69. The van der Waals surface area contributed by atoms with Gasteiger partial charge in [0.2, 0.25) is 5.91 Å². The molecule has 1 N–H and O–H groups in total. The van der Waals surface area contributed by atoms with E-state index in [9.17, 15) is 14.4 Å². The summed E-state index contributed by atoms with van der Waals surface area (Å²) >= 11 is 1.53. The van der Waals surface area contributed by atoms with Crippen LogP contribution in [0.2, 0.25) is 0 Å². The molecule has 1 saturated heterocycles. The molecule has 5 nitrogen and oxygen atoms in total. The van der Waals surface area contributed by atoms with Crippen LogP contribution in [0.5, 0.6) is 0 Å². The number of esters is 1. The maximum Gasteiger partial charge on any atom is 0.305 e. The van der Waals surface area contributed by atoms with E-state index in [2.05, 4.69) is 5.32 Å². The first kappa shape index (κ1) is 19.7. The second-order valence-corrected chi connectivity index (χ2v) is 8.96. The Hall–Kier alpha value is -2.60. The number of hydrogen-bond donors (Lipinski definition) is 1. The van der Waals surface area contributed by atoms with E-state index in [4.69, 9.17) is 4.74 Å². The van der Waals surface area contributed by atoms with Gasteiger partial charge in [-0.25, -0.2) is 0 Å². The summed E-state index contributed by atoms with van der Waals surface area (Å²) in [4.78, 5) is 37.7. The summed E-state index contributed by atoms with van der Waals surface area (Å²) in [5, 5.41) is 3.04. The van der Waals surface area contributed by atoms with Crippen molar-refractivity contribution in [2.75, 3.05) is 18.2 Å². The minimum atomic E-state index is -0.900. The van der Waals surface area contributed by atoms with Crippen LogP contribution in [0.25, 0.3) is 0 Å². The molecular formula is C23H23NO4S. The number of aldehydes is 1. The molecule has 150 valence electrons. The molecule has 1 fully saturated rings. The van der Waals surface area contributed by atoms with Crippen molar-refractivity contribution in [2.24, 2.45) is 11.8 Å². The van der Waals surface area contributed by atoms with Crippen molar-refractivity contribution in [1.29, 1.82) is 0 Å². The number of amides is 1. The molecule has 4 unspecified atom stereocenters. The van der Waals surface area contributed by atoms with Crippen molar-refractivity contribution in [3.8, 4) is 0 Å². The third-order valence-electron chi connectivity index (χ3n) is 6.03. The standard InChI is InChI=1S/C23H23NO4S/c1-14-8-9-18-19(10-14)24-22(27)23(18)21(15-6-4-3-5-7-15)17(12-25)16(13-29-23)11-20(26)28-2/h3-10,12,16-17,21H,11,13H2,1-2H3,(H,24,27). The molecule has 0 radical (unpaired) electrons. The Bertz CT molecular complexity index is 961. The van der Waals surface area contributed by atoms with E-state index in [0.717, 1.165) is 28.7 Å². The summed E-state index contributed by atoms with van der Waals surface area (Å²) in [5.74, 6) is -0.947. The smallest absolute Gasteiger partial charge is 0.305 e. The summed E-state index contributed by atoms with van der Waals surface area (Å²) in [7, 11) is 1.35. The normalized spacial score (nSPS) is 27.9. The average Bonchev–Trinajstić information content (AvgIpc) is 3.00. The van der Waals surface area contributed by atoms with Crippen LogP contribution >= 0.6 is 11.8 Å². The largest absolute Gasteiger partial charge is 0.469 e. The van der Waals surface area contributed by atoms with E-state index in [1.165, 1.54) is 18.9 Å². The molecule has 2 aromatic rings. The van der Waals surface area contributed by atoms with Crippen molar-refractivity contribution in [3.63, 3.8) is 0 Å². The molecule has 0 aliphatic carbocycles. The van der Waals surface area contributed by atoms with E-state index in [1.807, 2.05) is 55.5 Å². The summed E-state index contributed by atoms with van der Waals surface area (Å²) in [6, 6.07) is 15.6. The number of carbonyl (C=O) groups is 3. The fourth-order valence-electron chi connectivity index (χ4n) is 4.66. The summed E-state index contributed by atoms with van der Waals surface area (Å²) in [6.45, 7) is 1.99. The Kier molecular flexibility index (Phi) is 5.21. The van der Waals surface area contributed by atoms with Crippen molar-refractivity contribution >= 4 is 35.6 Å². The van der Waals surface area contributed by atoms with Gasteiger partial charge in [-0.15, -0.1) is 11.8 Å². The van der Waals surface area contributed by atoms with Gasteiger partial charge >= 0.3 is 5.97 Å². The highest BCUT2D eigenvalue weighted by Crippen LogP contribution is 2.61. The monoisotopic (exact) mass is 409 g/mol. The molecule has 2 aliphatic heterocycles. The van der Waals surface area contributed by atoms with E-state index in [-0.39, 0.29) is 30.1 Å². The van der Waals surface area contributed by atoms with Gasteiger partial charge in [-0.1, -0.05) is 42.5 Å². The van der Waals surface area contributed by atoms with Crippen LogP contribution in [0.1, 0.15) is 29.0 Å². The van der Waals surface area contributed by atoms with Gasteiger partial charge in [0, 0.05) is 29.5 Å². The second kappa shape index (κ2) is 7.67. The molecule has 0 aromatic heterocycles. The van der Waals surface area contributed by atoms with Gasteiger partial charge in [-0.3, -0.25) is 9.59 Å². The highest BCUT2D eigenvalue weighted by Gasteiger charge is 2.59. The number of anilines is 1. The molecule has 4 atom stereocenters. The van der Waals surface area contributed by atoms with Gasteiger partial charge in [0.1, 0.15) is 11.0 Å². The van der Waals surface area contributed by atoms with Crippen molar-refractivity contribution < 1.29 is 19.1 Å². The fraction of sp³-hybridized carbons (Fsp3) is 0.348. The highest BCUT2D eigenvalue weighted by atomic mass is 32.2. The van der Waals surface area contributed by atoms with E-state index < -0.39 is 10.7 Å². The lowest BCUT2D eigenvalue weighted by atomic mass is 9.68. The highest BCUT2D eigenvalue weighted by molar-refractivity contribution is 8.01. The molecule has 1 amide bonds. The quantitative estimate of drug-likeness (QED) is 0.616. The number of methoxy groups -OCH3 is 1. The van der Waals surface area contributed by atoms with Crippen LogP contribution < -0.4 is 5.32 Å². The zero-order valence-corrected chi connectivity index (χ0v) is 17.2. The number of hydrogen-bond acceptors (Lipinski definition) is 5. The third-order valence-corrected chi connectivity index (χ3v) is 7.73. The topological polar surface area (TPSA) is 72.5 Å². The van der Waals surface area contributed by atoms with Crippen LogP contribution in [-0.4, -0.2) is 31.0 Å². The number of carbonyl (C=O) groups excluding carboxylic acids is 3. The number of benzene rings is 2. The number of aryl methyl sites for hydroxylation is 1. The van der Waals surface area contributed by atoms with Crippen molar-refractivity contribution in [2.45, 2.75) is 24.0 Å². The number of rotatable bonds is 4. The van der Waals surface area contributed by atoms with Gasteiger partial charge in [0.25, 0.3) is 0 Å². The van der Waals surface area contributed by atoms with E-state index >= 15 is 0 Å². The van der Waals surface area contributed by atoms with Gasteiger partial charge in [0.05, 0.1) is 7.11 Å². The van der Waals surface area contributed by atoms with Crippen LogP contribution in [0.4, 0.5) is 5.69 Å². The minimum absolute atomic E-state index is 0.0969. The summed E-state index contributed by atoms with van der Waals surface area (Å²) in [6.07, 6.45) is 1.08. The number of thioether (sulfide) groups is 1. The average molecular weight is 410 g/mol. The molecule has 2 aliphatic rings. The van der Waals surface area contributed by atoms with Crippen LogP contribution in [0.3, 0.4) is 0 Å². The summed E-state index contributed by atoms with van der Waals surface area (Å²) < 4.78 is 3.95. The molecule has 2 aromatic carbocycles. The molecule has 0 bridgehead atoms. The molecule has 2 heterocycles. The lowest BCUT2D eigenvalue weighted by molar-refractivity contribution is -0.142. The van der Waals surface area contributed by atoms with Crippen molar-refractivity contribution in [3.05, 3.63) is 65.2 Å². The number of fused-ring (bicyclic) bond motifs is 2. The van der Waals surface area contributed by atoms with Gasteiger partial charge in [0.15, 0.2) is 0 Å². The maximum atomic E-state index is 13.4. The number of nitrogens with one attached hydrogen (secondary N) is 1. The fourth-order valence-corrected chi connectivity index (χ4v) is 6.46. The molecule has 6 heteroatoms. The minimum Gasteiger partial charge on any atom is -0.469 e. The molecular weight excluding hydrogens is 386 g/mol. The summed E-state index contributed by atoms with van der Waals surface area (Å²) in [5.41, 5.74) is 3.71. The first-order valence-electron chi connectivity index (χ1n) is 9.65. The van der Waals surface area contributed by atoms with Gasteiger partial charge < -0.3 is 14.8 Å². The first-order valence-corrected chi connectivity index (χ1v) is 10.6. The Morgan fingerprint density at radius 2 is 2.03 bits per heavy atom. The maximum absolute atomic E-state index is 13.4. The lowest BCUT2D eigenvalue weighted by Gasteiger charge is -2.46. The van der Waals surface area contributed by atoms with Crippen LogP contribution in [0.15, 0.2) is 48.5 Å². The van der Waals surface area contributed by atoms with E-state index in [0.29, 0.717) is 5.75 Å². The Morgan fingerprint density at radius 1 is 1.28 bits per heavy atom. The molecule has 29 heavy (non-hydrogen) atoms. The van der Waals surface area contributed by atoms with Crippen LogP contribution in [0, 0.1) is 18.8 Å². The first-order chi connectivity index (χ1) is 14.0.